The summed E-state index contributed by atoms with van der Waals surface area (Å²) in [5, 5.41) is 0. The molecular formula is C10H14ClNS. The Balaban J connectivity index is 2.49. The summed E-state index contributed by atoms with van der Waals surface area (Å²) >= 11 is 7.69. The molecule has 3 heteroatoms. The molecule has 0 aliphatic heterocycles. The Labute approximate surface area is 87.9 Å². The van der Waals surface area contributed by atoms with Gasteiger partial charge in [0.15, 0.2) is 0 Å². The average molecular weight is 216 g/mol. The summed E-state index contributed by atoms with van der Waals surface area (Å²) in [6.45, 7) is 4.55. The molecule has 2 unspecified atom stereocenters. The Hall–Kier alpha value is -0.210. The van der Waals surface area contributed by atoms with E-state index < -0.39 is 0 Å². The maximum Gasteiger partial charge on any atom is 0.116 e. The average Bonchev–Trinajstić information content (AvgIpc) is 2.32. The van der Waals surface area contributed by atoms with Crippen molar-refractivity contribution in [1.29, 1.82) is 0 Å². The van der Waals surface area contributed by atoms with Crippen LogP contribution in [0.5, 0.6) is 0 Å². The number of rotatable bonds is 0. The van der Waals surface area contributed by atoms with E-state index in [1.807, 2.05) is 0 Å². The van der Waals surface area contributed by atoms with Gasteiger partial charge in [-0.3, -0.25) is 0 Å². The molecule has 0 saturated carbocycles. The zero-order valence-corrected chi connectivity index (χ0v) is 9.50. The van der Waals surface area contributed by atoms with E-state index >= 15 is 0 Å². The van der Waals surface area contributed by atoms with Crippen LogP contribution in [-0.4, -0.2) is 0 Å². The summed E-state index contributed by atoms with van der Waals surface area (Å²) in [4.78, 5) is 1.42. The number of hydrogen-bond acceptors (Lipinski definition) is 2. The molecule has 2 N–H and O–H groups in total. The molecule has 1 nitrogen and oxygen atoms in total. The Morgan fingerprint density at radius 1 is 1.46 bits per heavy atom. The molecule has 2 rings (SSSR count). The van der Waals surface area contributed by atoms with Crippen LogP contribution in [0.25, 0.3) is 0 Å². The minimum Gasteiger partial charge on any atom is -0.397 e. The maximum atomic E-state index is 6.03. The van der Waals surface area contributed by atoms with E-state index in [1.54, 1.807) is 11.3 Å². The van der Waals surface area contributed by atoms with E-state index in [0.717, 1.165) is 22.4 Å². The first-order valence-corrected chi connectivity index (χ1v) is 5.85. The second-order valence-electron chi connectivity index (χ2n) is 4.08. The molecule has 2 atom stereocenters. The van der Waals surface area contributed by atoms with Gasteiger partial charge in [0.1, 0.15) is 4.34 Å². The van der Waals surface area contributed by atoms with Crippen LogP contribution in [-0.2, 0) is 6.42 Å². The molecule has 1 aromatic rings. The van der Waals surface area contributed by atoms with Crippen LogP contribution in [0.3, 0.4) is 0 Å². The van der Waals surface area contributed by atoms with E-state index in [4.69, 9.17) is 17.3 Å². The van der Waals surface area contributed by atoms with Crippen molar-refractivity contribution < 1.29 is 0 Å². The highest BCUT2D eigenvalue weighted by Gasteiger charge is 2.26. The van der Waals surface area contributed by atoms with E-state index in [0.29, 0.717) is 5.92 Å². The van der Waals surface area contributed by atoms with Crippen LogP contribution in [0.4, 0.5) is 5.69 Å². The second kappa shape index (κ2) is 3.18. The molecule has 1 heterocycles. The van der Waals surface area contributed by atoms with Crippen LogP contribution >= 0.6 is 22.9 Å². The van der Waals surface area contributed by atoms with Crippen molar-refractivity contribution in [1.82, 2.24) is 0 Å². The lowest BCUT2D eigenvalue weighted by atomic mass is 9.83. The largest absolute Gasteiger partial charge is 0.397 e. The van der Waals surface area contributed by atoms with Crippen molar-refractivity contribution in [2.24, 2.45) is 5.92 Å². The normalized spacial score (nSPS) is 27.3. The second-order valence-corrected chi connectivity index (χ2v) is 5.73. The zero-order valence-electron chi connectivity index (χ0n) is 7.93. The molecule has 0 spiro atoms. The Kier molecular flexibility index (Phi) is 2.28. The summed E-state index contributed by atoms with van der Waals surface area (Å²) in [6, 6.07) is 0. The number of fused-ring (bicyclic) bond motifs is 1. The fourth-order valence-electron chi connectivity index (χ4n) is 2.22. The van der Waals surface area contributed by atoms with E-state index in [1.165, 1.54) is 16.9 Å². The van der Waals surface area contributed by atoms with Crippen LogP contribution < -0.4 is 5.73 Å². The molecule has 0 aromatic carbocycles. The Bertz CT molecular complexity index is 332. The molecule has 13 heavy (non-hydrogen) atoms. The quantitative estimate of drug-likeness (QED) is 0.702. The van der Waals surface area contributed by atoms with Gasteiger partial charge >= 0.3 is 0 Å². The predicted molar refractivity (Wildman–Crippen MR) is 59.6 cm³/mol. The van der Waals surface area contributed by atoms with E-state index in [2.05, 4.69) is 13.8 Å². The summed E-state index contributed by atoms with van der Waals surface area (Å²) in [5.74, 6) is 1.38. The lowest BCUT2D eigenvalue weighted by Crippen LogP contribution is -2.13. The van der Waals surface area contributed by atoms with Gasteiger partial charge in [-0.2, -0.15) is 0 Å². The van der Waals surface area contributed by atoms with Crippen molar-refractivity contribution in [3.8, 4) is 0 Å². The van der Waals surface area contributed by atoms with E-state index in [9.17, 15) is 0 Å². The molecular weight excluding hydrogens is 202 g/mol. The highest BCUT2D eigenvalue weighted by molar-refractivity contribution is 7.17. The van der Waals surface area contributed by atoms with Gasteiger partial charge in [-0.05, 0) is 30.2 Å². The number of halogens is 1. The summed E-state index contributed by atoms with van der Waals surface area (Å²) < 4.78 is 0.783. The zero-order chi connectivity index (χ0) is 9.59. The van der Waals surface area contributed by atoms with Gasteiger partial charge in [0.25, 0.3) is 0 Å². The Morgan fingerprint density at radius 3 is 2.85 bits per heavy atom. The third-order valence-electron chi connectivity index (χ3n) is 2.79. The highest BCUT2D eigenvalue weighted by atomic mass is 35.5. The van der Waals surface area contributed by atoms with Crippen LogP contribution in [0.1, 0.15) is 36.6 Å². The monoisotopic (exact) mass is 215 g/mol. The van der Waals surface area contributed by atoms with Crippen molar-refractivity contribution in [3.63, 3.8) is 0 Å². The smallest absolute Gasteiger partial charge is 0.116 e. The topological polar surface area (TPSA) is 26.0 Å². The third kappa shape index (κ3) is 1.46. The molecule has 1 aliphatic carbocycles. The first-order chi connectivity index (χ1) is 6.09. The molecule has 72 valence electrons. The molecule has 0 amide bonds. The van der Waals surface area contributed by atoms with Gasteiger partial charge in [-0.1, -0.05) is 25.4 Å². The number of hydrogen-bond donors (Lipinski definition) is 1. The predicted octanol–water partition coefficient (Wildman–Crippen LogP) is 3.67. The molecule has 0 bridgehead atoms. The van der Waals surface area contributed by atoms with Crippen molar-refractivity contribution in [3.05, 3.63) is 14.8 Å². The summed E-state index contributed by atoms with van der Waals surface area (Å²) in [5.41, 5.74) is 8.08. The summed E-state index contributed by atoms with van der Waals surface area (Å²) in [6.07, 6.45) is 2.37. The van der Waals surface area contributed by atoms with Crippen LogP contribution in [0.15, 0.2) is 0 Å². The summed E-state index contributed by atoms with van der Waals surface area (Å²) in [7, 11) is 0. The third-order valence-corrected chi connectivity index (χ3v) is 4.49. The SMILES string of the molecule is CC1Cc2c(sc(Cl)c2N)C(C)C1. The number of thiophene rings is 1. The minimum absolute atomic E-state index is 0.638. The number of nitrogens with two attached hydrogens (primary N) is 1. The molecule has 0 fully saturated rings. The molecule has 1 aromatic heterocycles. The fraction of sp³-hybridized carbons (Fsp3) is 0.600. The maximum absolute atomic E-state index is 6.03. The minimum atomic E-state index is 0.638. The lowest BCUT2D eigenvalue weighted by Gasteiger charge is -2.24. The van der Waals surface area contributed by atoms with Gasteiger partial charge in [0, 0.05) is 4.88 Å². The first kappa shape index (κ1) is 9.35. The molecule has 1 aliphatic rings. The number of anilines is 1. The van der Waals surface area contributed by atoms with Gasteiger partial charge in [0.05, 0.1) is 5.69 Å². The first-order valence-electron chi connectivity index (χ1n) is 4.66. The van der Waals surface area contributed by atoms with Gasteiger partial charge in [0.2, 0.25) is 0 Å². The molecule has 0 radical (unpaired) electrons. The molecule has 0 saturated heterocycles. The van der Waals surface area contributed by atoms with Gasteiger partial charge in [-0.25, -0.2) is 0 Å². The van der Waals surface area contributed by atoms with Crippen molar-refractivity contribution in [2.75, 3.05) is 5.73 Å². The fourth-order valence-corrected chi connectivity index (χ4v) is 3.62. The van der Waals surface area contributed by atoms with Crippen LogP contribution in [0, 0.1) is 5.92 Å². The van der Waals surface area contributed by atoms with Crippen molar-refractivity contribution >= 4 is 28.6 Å². The van der Waals surface area contributed by atoms with E-state index in [-0.39, 0.29) is 0 Å². The standard InChI is InChI=1S/C10H14ClNS/c1-5-3-6(2)9-7(4-5)8(12)10(11)13-9/h5-6H,3-4,12H2,1-2H3. The van der Waals surface area contributed by atoms with Gasteiger partial charge < -0.3 is 5.73 Å². The van der Waals surface area contributed by atoms with Gasteiger partial charge in [-0.15, -0.1) is 11.3 Å². The van der Waals surface area contributed by atoms with Crippen LogP contribution in [0.2, 0.25) is 4.34 Å². The number of nitrogen functional groups attached to an aromatic ring is 1. The lowest BCUT2D eigenvalue weighted by molar-refractivity contribution is 0.457. The highest BCUT2D eigenvalue weighted by Crippen LogP contribution is 2.45. The Morgan fingerprint density at radius 2 is 2.15 bits per heavy atom. The van der Waals surface area contributed by atoms with Crippen molar-refractivity contribution in [2.45, 2.75) is 32.6 Å².